The summed E-state index contributed by atoms with van der Waals surface area (Å²) in [5, 5.41) is 10.8. The number of nitrogens with zero attached hydrogens (tertiary/aromatic N) is 2. The van der Waals surface area contributed by atoms with E-state index < -0.39 is 5.60 Å². The molecule has 7 heteroatoms. The zero-order chi connectivity index (χ0) is 16.6. The Balaban J connectivity index is 1.41. The minimum absolute atomic E-state index is 0.0770. The Kier molecular flexibility index (Phi) is 4.04. The van der Waals surface area contributed by atoms with Crippen molar-refractivity contribution in [1.82, 2.24) is 20.4 Å². The smallest absolute Gasteiger partial charge is 0.307 e. The summed E-state index contributed by atoms with van der Waals surface area (Å²) in [7, 11) is 0. The van der Waals surface area contributed by atoms with Gasteiger partial charge in [0.1, 0.15) is 5.60 Å². The summed E-state index contributed by atoms with van der Waals surface area (Å²) in [6, 6.07) is 2.03. The minimum Gasteiger partial charge on any atom is -0.458 e. The predicted molar refractivity (Wildman–Crippen MR) is 85.8 cm³/mol. The molecule has 1 saturated carbocycles. The first-order valence-electron chi connectivity index (χ1n) is 8.92. The van der Waals surface area contributed by atoms with Crippen LogP contribution in [0, 0.1) is 5.92 Å². The Morgan fingerprint density at radius 1 is 1.42 bits per heavy atom. The third kappa shape index (κ3) is 2.81. The van der Waals surface area contributed by atoms with Crippen LogP contribution >= 0.6 is 0 Å². The SMILES string of the molecule is O=C1CC(C(=O)NCc2cc3n(n2)CCNC3)C2(CCCCC2)O1. The highest BCUT2D eigenvalue weighted by molar-refractivity contribution is 5.87. The number of amides is 1. The second-order valence-electron chi connectivity index (χ2n) is 7.10. The van der Waals surface area contributed by atoms with E-state index in [-0.39, 0.29) is 24.2 Å². The molecule has 1 aromatic heterocycles. The van der Waals surface area contributed by atoms with Gasteiger partial charge in [-0.1, -0.05) is 6.42 Å². The molecule has 4 rings (SSSR count). The van der Waals surface area contributed by atoms with Crippen LogP contribution in [0.5, 0.6) is 0 Å². The molecule has 1 atom stereocenters. The zero-order valence-corrected chi connectivity index (χ0v) is 13.8. The van der Waals surface area contributed by atoms with Crippen LogP contribution in [-0.4, -0.2) is 33.8 Å². The van der Waals surface area contributed by atoms with Gasteiger partial charge < -0.3 is 15.4 Å². The molecule has 1 saturated heterocycles. The lowest BCUT2D eigenvalue weighted by atomic mass is 9.75. The zero-order valence-electron chi connectivity index (χ0n) is 13.8. The first kappa shape index (κ1) is 15.6. The molecule has 0 bridgehead atoms. The van der Waals surface area contributed by atoms with Crippen molar-refractivity contribution in [3.8, 4) is 0 Å². The van der Waals surface area contributed by atoms with Crippen LogP contribution in [0.25, 0.3) is 0 Å². The van der Waals surface area contributed by atoms with E-state index >= 15 is 0 Å². The van der Waals surface area contributed by atoms with Crippen molar-refractivity contribution in [2.24, 2.45) is 5.92 Å². The maximum atomic E-state index is 12.7. The highest BCUT2D eigenvalue weighted by atomic mass is 16.6. The molecule has 1 amide bonds. The molecule has 130 valence electrons. The number of hydrogen-bond donors (Lipinski definition) is 2. The van der Waals surface area contributed by atoms with Gasteiger partial charge in [0.2, 0.25) is 5.91 Å². The van der Waals surface area contributed by atoms with Gasteiger partial charge >= 0.3 is 5.97 Å². The summed E-state index contributed by atoms with van der Waals surface area (Å²) in [5.41, 5.74) is 1.45. The first-order chi connectivity index (χ1) is 11.7. The minimum atomic E-state index is -0.559. The fraction of sp³-hybridized carbons (Fsp3) is 0.706. The molecule has 1 spiro atoms. The van der Waals surface area contributed by atoms with Crippen LogP contribution in [0.3, 0.4) is 0 Å². The van der Waals surface area contributed by atoms with Gasteiger partial charge in [-0.25, -0.2) is 0 Å². The Bertz CT molecular complexity index is 625. The number of aromatic nitrogens is 2. The number of nitrogens with one attached hydrogen (secondary N) is 2. The molecule has 1 unspecified atom stereocenters. The predicted octanol–water partition coefficient (Wildman–Crippen LogP) is 0.868. The van der Waals surface area contributed by atoms with E-state index in [0.717, 1.165) is 63.1 Å². The number of hydrogen-bond acceptors (Lipinski definition) is 5. The lowest BCUT2D eigenvalue weighted by molar-refractivity contribution is -0.153. The van der Waals surface area contributed by atoms with Gasteiger partial charge in [-0.05, 0) is 31.7 Å². The lowest BCUT2D eigenvalue weighted by Crippen LogP contribution is -2.45. The van der Waals surface area contributed by atoms with Gasteiger partial charge in [-0.3, -0.25) is 14.3 Å². The lowest BCUT2D eigenvalue weighted by Gasteiger charge is -2.35. The summed E-state index contributed by atoms with van der Waals surface area (Å²) in [5.74, 6) is -0.670. The highest BCUT2D eigenvalue weighted by Crippen LogP contribution is 2.44. The summed E-state index contributed by atoms with van der Waals surface area (Å²) in [6.07, 6.45) is 5.02. The van der Waals surface area contributed by atoms with Crippen LogP contribution in [0.4, 0.5) is 0 Å². The molecule has 2 fully saturated rings. The fourth-order valence-electron chi connectivity index (χ4n) is 4.26. The van der Waals surface area contributed by atoms with E-state index in [4.69, 9.17) is 4.74 Å². The van der Waals surface area contributed by atoms with Gasteiger partial charge in [0.25, 0.3) is 0 Å². The number of fused-ring (bicyclic) bond motifs is 1. The van der Waals surface area contributed by atoms with Crippen molar-refractivity contribution in [3.05, 3.63) is 17.5 Å². The maximum Gasteiger partial charge on any atom is 0.307 e. The van der Waals surface area contributed by atoms with Gasteiger partial charge in [0, 0.05) is 13.1 Å². The largest absolute Gasteiger partial charge is 0.458 e. The van der Waals surface area contributed by atoms with E-state index in [1.54, 1.807) is 0 Å². The second kappa shape index (κ2) is 6.20. The Morgan fingerprint density at radius 3 is 3.04 bits per heavy atom. The summed E-state index contributed by atoms with van der Waals surface area (Å²) in [6.45, 7) is 3.00. The van der Waals surface area contributed by atoms with Crippen molar-refractivity contribution in [3.63, 3.8) is 0 Å². The molecule has 2 aliphatic heterocycles. The molecule has 24 heavy (non-hydrogen) atoms. The van der Waals surface area contributed by atoms with Crippen LogP contribution in [-0.2, 0) is 34.0 Å². The van der Waals surface area contributed by atoms with Gasteiger partial charge in [-0.2, -0.15) is 5.10 Å². The van der Waals surface area contributed by atoms with Crippen molar-refractivity contribution in [2.45, 2.75) is 63.8 Å². The van der Waals surface area contributed by atoms with E-state index in [1.165, 1.54) is 0 Å². The number of carbonyl (C=O) groups excluding carboxylic acids is 2. The Labute approximate surface area is 141 Å². The molecule has 0 radical (unpaired) electrons. The Hall–Kier alpha value is -1.89. The molecular weight excluding hydrogens is 308 g/mol. The molecule has 0 aromatic carbocycles. The molecule has 1 aromatic rings. The monoisotopic (exact) mass is 332 g/mol. The standard InChI is InChI=1S/C17H24N4O3/c22-15-9-14(17(24-15)4-2-1-3-5-17)16(23)19-10-12-8-13-11-18-6-7-21(13)20-12/h8,14,18H,1-7,9-11H2,(H,19,23). The van der Waals surface area contributed by atoms with Crippen molar-refractivity contribution >= 4 is 11.9 Å². The van der Waals surface area contributed by atoms with Crippen molar-refractivity contribution < 1.29 is 14.3 Å². The van der Waals surface area contributed by atoms with Crippen LogP contribution < -0.4 is 10.6 Å². The van der Waals surface area contributed by atoms with E-state index in [1.807, 2.05) is 10.7 Å². The average Bonchev–Trinajstić information content (AvgIpc) is 3.14. The normalized spacial score (nSPS) is 25.3. The molecule has 7 nitrogen and oxygen atoms in total. The van der Waals surface area contributed by atoms with E-state index in [9.17, 15) is 9.59 Å². The van der Waals surface area contributed by atoms with Gasteiger partial charge in [-0.15, -0.1) is 0 Å². The molecule has 3 heterocycles. The highest BCUT2D eigenvalue weighted by Gasteiger charge is 2.52. The van der Waals surface area contributed by atoms with Gasteiger partial charge in [0.05, 0.1) is 36.8 Å². The molecule has 3 aliphatic rings. The second-order valence-corrected chi connectivity index (χ2v) is 7.10. The maximum absolute atomic E-state index is 12.7. The number of rotatable bonds is 3. The summed E-state index contributed by atoms with van der Waals surface area (Å²) < 4.78 is 7.60. The molecule has 1 aliphatic carbocycles. The third-order valence-corrected chi connectivity index (χ3v) is 5.50. The number of carbonyl (C=O) groups is 2. The van der Waals surface area contributed by atoms with Crippen LogP contribution in [0.15, 0.2) is 6.07 Å². The van der Waals surface area contributed by atoms with E-state index in [0.29, 0.717) is 6.54 Å². The van der Waals surface area contributed by atoms with Crippen molar-refractivity contribution in [2.75, 3.05) is 6.54 Å². The summed E-state index contributed by atoms with van der Waals surface area (Å²) >= 11 is 0. The van der Waals surface area contributed by atoms with Crippen molar-refractivity contribution in [1.29, 1.82) is 0 Å². The van der Waals surface area contributed by atoms with E-state index in [2.05, 4.69) is 15.7 Å². The Morgan fingerprint density at radius 2 is 2.25 bits per heavy atom. The quantitative estimate of drug-likeness (QED) is 0.802. The van der Waals surface area contributed by atoms with Crippen LogP contribution in [0.2, 0.25) is 0 Å². The van der Waals surface area contributed by atoms with Gasteiger partial charge in [0.15, 0.2) is 0 Å². The summed E-state index contributed by atoms with van der Waals surface area (Å²) in [4.78, 5) is 24.5. The number of esters is 1. The molecular formula is C17H24N4O3. The fourth-order valence-corrected chi connectivity index (χ4v) is 4.26. The third-order valence-electron chi connectivity index (χ3n) is 5.50. The topological polar surface area (TPSA) is 85.2 Å². The average molecular weight is 332 g/mol. The number of ether oxygens (including phenoxy) is 1. The van der Waals surface area contributed by atoms with Crippen LogP contribution in [0.1, 0.15) is 49.9 Å². The first-order valence-corrected chi connectivity index (χ1v) is 8.92. The molecule has 2 N–H and O–H groups in total.